The number of carbonyl (C=O) groups excluding carboxylic acids is 1. The molecule has 0 radical (unpaired) electrons. The van der Waals surface area contributed by atoms with E-state index in [1.807, 2.05) is 0 Å². The average molecular weight is 352 g/mol. The number of likely N-dealkylation sites (N-methyl/N-ethyl adjacent to an activating group) is 1. The molecule has 1 saturated heterocycles. The molecule has 0 N–H and O–H groups in total. The number of hydrogen-bond donors (Lipinski definition) is 0. The molecule has 8 heteroatoms. The summed E-state index contributed by atoms with van der Waals surface area (Å²) in [5.41, 5.74) is 0. The molecule has 1 fully saturated rings. The summed E-state index contributed by atoms with van der Waals surface area (Å²) in [6, 6.07) is 4.39. The molecule has 1 aromatic carbocycles. The lowest BCUT2D eigenvalue weighted by molar-refractivity contribution is -0.133. The van der Waals surface area contributed by atoms with E-state index in [2.05, 4.69) is 0 Å². The van der Waals surface area contributed by atoms with E-state index in [1.54, 1.807) is 25.2 Å². The molecule has 0 spiro atoms. The molecule has 0 aromatic heterocycles. The number of ether oxygens (including phenoxy) is 1. The zero-order valence-electron chi connectivity index (χ0n) is 11.4. The lowest BCUT2D eigenvalue weighted by atomic mass is 10.2. The summed E-state index contributed by atoms with van der Waals surface area (Å²) in [7, 11) is -1.44. The van der Waals surface area contributed by atoms with Gasteiger partial charge in [0.2, 0.25) is 0 Å². The van der Waals surface area contributed by atoms with E-state index in [4.69, 9.17) is 27.9 Å². The number of benzene rings is 1. The van der Waals surface area contributed by atoms with Gasteiger partial charge in [-0.05, 0) is 24.6 Å². The number of rotatable bonds is 4. The summed E-state index contributed by atoms with van der Waals surface area (Å²) >= 11 is 11.7. The van der Waals surface area contributed by atoms with Crippen molar-refractivity contribution >= 4 is 38.9 Å². The Morgan fingerprint density at radius 2 is 1.95 bits per heavy atom. The van der Waals surface area contributed by atoms with Crippen molar-refractivity contribution in [3.8, 4) is 5.75 Å². The topological polar surface area (TPSA) is 63.7 Å². The van der Waals surface area contributed by atoms with E-state index >= 15 is 0 Å². The molecule has 1 amide bonds. The second-order valence-corrected chi connectivity index (χ2v) is 8.06. The van der Waals surface area contributed by atoms with Crippen molar-refractivity contribution in [2.24, 2.45) is 0 Å². The maximum atomic E-state index is 12.0. The quantitative estimate of drug-likeness (QED) is 0.832. The molecule has 1 aliphatic heterocycles. The molecule has 0 saturated carbocycles. The highest BCUT2D eigenvalue weighted by molar-refractivity contribution is 7.91. The van der Waals surface area contributed by atoms with Crippen LogP contribution in [0.1, 0.15) is 6.42 Å². The minimum absolute atomic E-state index is 0.0121. The van der Waals surface area contributed by atoms with Gasteiger partial charge in [-0.2, -0.15) is 0 Å². The number of nitrogens with zero attached hydrogens (tertiary/aromatic N) is 1. The molecule has 0 aliphatic carbocycles. The molecule has 0 unspecified atom stereocenters. The third kappa shape index (κ3) is 4.49. The van der Waals surface area contributed by atoms with Gasteiger partial charge in [-0.3, -0.25) is 4.79 Å². The van der Waals surface area contributed by atoms with Gasteiger partial charge in [0.25, 0.3) is 5.91 Å². The third-order valence-electron chi connectivity index (χ3n) is 3.35. The SMILES string of the molecule is CN(C(=O)COc1cc(Cl)cc(Cl)c1)[C@@H]1CCS(=O)(=O)C1. The zero-order valence-corrected chi connectivity index (χ0v) is 13.7. The van der Waals surface area contributed by atoms with Gasteiger partial charge in [0.05, 0.1) is 11.5 Å². The van der Waals surface area contributed by atoms with Gasteiger partial charge < -0.3 is 9.64 Å². The summed E-state index contributed by atoms with van der Waals surface area (Å²) in [5, 5.41) is 0.834. The molecule has 1 atom stereocenters. The smallest absolute Gasteiger partial charge is 0.260 e. The molecule has 0 bridgehead atoms. The van der Waals surface area contributed by atoms with Crippen LogP contribution < -0.4 is 4.74 Å². The summed E-state index contributed by atoms with van der Waals surface area (Å²) in [6.45, 7) is -0.191. The van der Waals surface area contributed by atoms with E-state index in [0.29, 0.717) is 22.2 Å². The Bertz CT molecular complexity index is 627. The van der Waals surface area contributed by atoms with Gasteiger partial charge in [-0.25, -0.2) is 8.42 Å². The van der Waals surface area contributed by atoms with Crippen molar-refractivity contribution < 1.29 is 17.9 Å². The summed E-state index contributed by atoms with van der Waals surface area (Å²) in [4.78, 5) is 13.5. The highest BCUT2D eigenvalue weighted by Gasteiger charge is 2.32. The second kappa shape index (κ2) is 6.42. The predicted octanol–water partition coefficient (Wildman–Crippen LogP) is 2.02. The first kappa shape index (κ1) is 16.4. The van der Waals surface area contributed by atoms with Crippen LogP contribution >= 0.6 is 23.2 Å². The highest BCUT2D eigenvalue weighted by atomic mass is 35.5. The molecule has 1 aromatic rings. The molecular weight excluding hydrogens is 337 g/mol. The van der Waals surface area contributed by atoms with Crippen LogP contribution in [0, 0.1) is 0 Å². The van der Waals surface area contributed by atoms with Gasteiger partial charge in [0.15, 0.2) is 16.4 Å². The number of sulfone groups is 1. The fourth-order valence-corrected chi connectivity index (χ4v) is 4.42. The van der Waals surface area contributed by atoms with Crippen molar-refractivity contribution in [1.82, 2.24) is 4.90 Å². The molecule has 1 heterocycles. The molecule has 5 nitrogen and oxygen atoms in total. The molecule has 1 aliphatic rings. The number of carbonyl (C=O) groups is 1. The minimum atomic E-state index is -3.02. The summed E-state index contributed by atoms with van der Waals surface area (Å²) in [6.07, 6.45) is 0.466. The minimum Gasteiger partial charge on any atom is -0.484 e. The Labute approximate surface area is 133 Å². The molecule has 21 heavy (non-hydrogen) atoms. The van der Waals surface area contributed by atoms with Gasteiger partial charge in [0.1, 0.15) is 5.75 Å². The zero-order chi connectivity index (χ0) is 15.6. The van der Waals surface area contributed by atoms with Gasteiger partial charge in [-0.15, -0.1) is 0 Å². The summed E-state index contributed by atoms with van der Waals surface area (Å²) in [5.74, 6) is 0.250. The van der Waals surface area contributed by atoms with E-state index in [0.717, 1.165) is 0 Å². The summed E-state index contributed by atoms with van der Waals surface area (Å²) < 4.78 is 28.2. The second-order valence-electron chi connectivity index (χ2n) is 4.96. The third-order valence-corrected chi connectivity index (χ3v) is 5.53. The maximum Gasteiger partial charge on any atom is 0.260 e. The maximum absolute atomic E-state index is 12.0. The Morgan fingerprint density at radius 3 is 2.48 bits per heavy atom. The van der Waals surface area contributed by atoms with Crippen LogP contribution in [0.25, 0.3) is 0 Å². The Balaban J connectivity index is 1.92. The van der Waals surface area contributed by atoms with Crippen molar-refractivity contribution in [3.05, 3.63) is 28.2 Å². The first-order valence-corrected chi connectivity index (χ1v) is 8.89. The largest absolute Gasteiger partial charge is 0.484 e. The fraction of sp³-hybridized carbons (Fsp3) is 0.462. The van der Waals surface area contributed by atoms with Crippen molar-refractivity contribution in [3.63, 3.8) is 0 Å². The van der Waals surface area contributed by atoms with E-state index in [9.17, 15) is 13.2 Å². The van der Waals surface area contributed by atoms with Gasteiger partial charge in [0, 0.05) is 23.1 Å². The Kier molecular flexibility index (Phi) is 5.01. The first-order valence-electron chi connectivity index (χ1n) is 6.32. The molecule has 116 valence electrons. The van der Waals surface area contributed by atoms with Gasteiger partial charge >= 0.3 is 0 Å². The Hall–Kier alpha value is -0.980. The fourth-order valence-electron chi connectivity index (χ4n) is 2.14. The van der Waals surface area contributed by atoms with Crippen molar-refractivity contribution in [1.29, 1.82) is 0 Å². The van der Waals surface area contributed by atoms with Crippen LogP contribution in [-0.4, -0.2) is 50.4 Å². The Morgan fingerprint density at radius 1 is 1.33 bits per heavy atom. The van der Waals surface area contributed by atoms with Crippen LogP contribution in [0.3, 0.4) is 0 Å². The number of amides is 1. The molecule has 2 rings (SSSR count). The standard InChI is InChI=1S/C13H15Cl2NO4S/c1-16(11-2-3-21(18,19)8-11)13(17)7-20-12-5-9(14)4-10(15)6-12/h4-6,11H,2-3,7-8H2,1H3/t11-/m1/s1. The van der Waals surface area contributed by atoms with E-state index in [-0.39, 0.29) is 30.1 Å². The van der Waals surface area contributed by atoms with Crippen molar-refractivity contribution in [2.45, 2.75) is 12.5 Å². The predicted molar refractivity (Wildman–Crippen MR) is 81.8 cm³/mol. The molecular formula is C13H15Cl2NO4S. The van der Waals surface area contributed by atoms with Crippen LogP contribution in [0.15, 0.2) is 18.2 Å². The average Bonchev–Trinajstić information content (AvgIpc) is 2.74. The monoisotopic (exact) mass is 351 g/mol. The van der Waals surface area contributed by atoms with Crippen LogP contribution in [0.4, 0.5) is 0 Å². The lowest BCUT2D eigenvalue weighted by Gasteiger charge is -2.23. The van der Waals surface area contributed by atoms with Crippen LogP contribution in [0.5, 0.6) is 5.75 Å². The number of hydrogen-bond acceptors (Lipinski definition) is 4. The van der Waals surface area contributed by atoms with Gasteiger partial charge in [-0.1, -0.05) is 23.2 Å². The lowest BCUT2D eigenvalue weighted by Crippen LogP contribution is -2.40. The first-order chi connectivity index (χ1) is 9.77. The van der Waals surface area contributed by atoms with E-state index < -0.39 is 9.84 Å². The van der Waals surface area contributed by atoms with Crippen molar-refractivity contribution in [2.75, 3.05) is 25.2 Å². The van der Waals surface area contributed by atoms with Crippen LogP contribution in [-0.2, 0) is 14.6 Å². The number of halogens is 2. The highest BCUT2D eigenvalue weighted by Crippen LogP contribution is 2.24. The van der Waals surface area contributed by atoms with E-state index in [1.165, 1.54) is 4.90 Å². The van der Waals surface area contributed by atoms with Crippen LogP contribution in [0.2, 0.25) is 10.0 Å². The normalized spacial score (nSPS) is 20.2.